The third-order valence-electron chi connectivity index (χ3n) is 3.14. The fourth-order valence-corrected chi connectivity index (χ4v) is 3.53. The molecule has 1 unspecified atom stereocenters. The second kappa shape index (κ2) is 5.82. The molecule has 1 aromatic carbocycles. The standard InChI is InChI=1S/C13H19N3O3S/c1-3-10(8-19-2)16-20(17,18)13-7-15-12-5-4-9(14)6-11(12)13/h4-7,10,15-16H,3,8,14H2,1-2H3. The van der Waals surface area contributed by atoms with Crippen LogP contribution >= 0.6 is 0 Å². The Bertz CT molecular complexity index is 694. The summed E-state index contributed by atoms with van der Waals surface area (Å²) in [6.45, 7) is 2.24. The molecule has 1 heterocycles. The number of ether oxygens (including phenoxy) is 1. The number of rotatable bonds is 6. The zero-order valence-electron chi connectivity index (χ0n) is 11.5. The molecule has 7 heteroatoms. The summed E-state index contributed by atoms with van der Waals surface area (Å²) in [4.78, 5) is 3.14. The van der Waals surface area contributed by atoms with E-state index in [-0.39, 0.29) is 10.9 Å². The minimum atomic E-state index is -3.61. The number of anilines is 1. The van der Waals surface area contributed by atoms with Crippen molar-refractivity contribution in [1.82, 2.24) is 9.71 Å². The van der Waals surface area contributed by atoms with Crippen LogP contribution in [-0.4, -0.2) is 33.2 Å². The van der Waals surface area contributed by atoms with Crippen molar-refractivity contribution in [2.24, 2.45) is 0 Å². The van der Waals surface area contributed by atoms with Gasteiger partial charge in [-0.1, -0.05) is 6.92 Å². The largest absolute Gasteiger partial charge is 0.399 e. The SMILES string of the molecule is CCC(COC)NS(=O)(=O)c1c[nH]c2ccc(N)cc12. The topological polar surface area (TPSA) is 97.2 Å². The maximum atomic E-state index is 12.4. The van der Waals surface area contributed by atoms with E-state index in [9.17, 15) is 8.42 Å². The Labute approximate surface area is 118 Å². The summed E-state index contributed by atoms with van der Waals surface area (Å²) < 4.78 is 32.5. The van der Waals surface area contributed by atoms with Gasteiger partial charge < -0.3 is 15.5 Å². The average Bonchev–Trinajstić information content (AvgIpc) is 2.81. The van der Waals surface area contributed by atoms with E-state index >= 15 is 0 Å². The number of methoxy groups -OCH3 is 1. The Morgan fingerprint density at radius 2 is 2.20 bits per heavy atom. The molecular weight excluding hydrogens is 278 g/mol. The number of benzene rings is 1. The van der Waals surface area contributed by atoms with Gasteiger partial charge in [0.05, 0.1) is 6.61 Å². The van der Waals surface area contributed by atoms with Crippen molar-refractivity contribution in [3.8, 4) is 0 Å². The zero-order valence-corrected chi connectivity index (χ0v) is 12.3. The van der Waals surface area contributed by atoms with E-state index in [1.807, 2.05) is 6.92 Å². The van der Waals surface area contributed by atoms with Gasteiger partial charge in [0.15, 0.2) is 0 Å². The van der Waals surface area contributed by atoms with Crippen LogP contribution in [0.3, 0.4) is 0 Å². The predicted molar refractivity (Wildman–Crippen MR) is 79.0 cm³/mol. The Hall–Kier alpha value is -1.57. The monoisotopic (exact) mass is 297 g/mol. The summed E-state index contributed by atoms with van der Waals surface area (Å²) >= 11 is 0. The van der Waals surface area contributed by atoms with Crippen molar-refractivity contribution in [1.29, 1.82) is 0 Å². The van der Waals surface area contributed by atoms with Gasteiger partial charge in [0.1, 0.15) is 4.90 Å². The van der Waals surface area contributed by atoms with Crippen molar-refractivity contribution in [2.45, 2.75) is 24.3 Å². The van der Waals surface area contributed by atoms with Crippen LogP contribution in [0, 0.1) is 0 Å². The van der Waals surface area contributed by atoms with Gasteiger partial charge in [-0.3, -0.25) is 0 Å². The number of nitrogens with one attached hydrogen (secondary N) is 2. The summed E-state index contributed by atoms with van der Waals surface area (Å²) in [6, 6.07) is 4.88. The summed E-state index contributed by atoms with van der Waals surface area (Å²) in [5.41, 5.74) is 6.98. The van der Waals surface area contributed by atoms with Crippen LogP contribution in [0.25, 0.3) is 10.9 Å². The molecule has 1 atom stereocenters. The molecule has 0 saturated heterocycles. The highest BCUT2D eigenvalue weighted by Gasteiger charge is 2.22. The Morgan fingerprint density at radius 3 is 2.85 bits per heavy atom. The zero-order chi connectivity index (χ0) is 14.8. The highest BCUT2D eigenvalue weighted by molar-refractivity contribution is 7.89. The molecular formula is C13H19N3O3S. The average molecular weight is 297 g/mol. The van der Waals surface area contributed by atoms with Crippen LogP contribution in [0.1, 0.15) is 13.3 Å². The molecule has 0 fully saturated rings. The second-order valence-corrected chi connectivity index (χ2v) is 6.32. The molecule has 0 bridgehead atoms. The number of sulfonamides is 1. The first-order chi connectivity index (χ1) is 9.47. The summed E-state index contributed by atoms with van der Waals surface area (Å²) in [5.74, 6) is 0. The number of aromatic nitrogens is 1. The van der Waals surface area contributed by atoms with Crippen LogP contribution in [0.5, 0.6) is 0 Å². The third kappa shape index (κ3) is 2.95. The second-order valence-electron chi connectivity index (χ2n) is 4.64. The van der Waals surface area contributed by atoms with Crippen molar-refractivity contribution in [2.75, 3.05) is 19.5 Å². The summed E-state index contributed by atoms with van der Waals surface area (Å²) in [6.07, 6.45) is 2.13. The lowest BCUT2D eigenvalue weighted by atomic mass is 10.2. The first-order valence-corrected chi connectivity index (χ1v) is 7.84. The van der Waals surface area contributed by atoms with Crippen molar-refractivity contribution in [3.63, 3.8) is 0 Å². The fraction of sp³-hybridized carbons (Fsp3) is 0.385. The summed E-state index contributed by atoms with van der Waals surface area (Å²) in [5, 5.41) is 0.588. The van der Waals surface area contributed by atoms with E-state index in [1.165, 1.54) is 6.20 Å². The lowest BCUT2D eigenvalue weighted by Gasteiger charge is -2.15. The third-order valence-corrected chi connectivity index (χ3v) is 4.70. The van der Waals surface area contributed by atoms with Crippen LogP contribution in [0.4, 0.5) is 5.69 Å². The van der Waals surface area contributed by atoms with Crippen LogP contribution in [0.15, 0.2) is 29.3 Å². The van der Waals surface area contributed by atoms with Gasteiger partial charge in [0.2, 0.25) is 10.0 Å². The molecule has 1 aromatic heterocycles. The number of hydrogen-bond acceptors (Lipinski definition) is 4. The lowest BCUT2D eigenvalue weighted by molar-refractivity contribution is 0.173. The van der Waals surface area contributed by atoms with Gasteiger partial charge in [0.25, 0.3) is 0 Å². The smallest absolute Gasteiger partial charge is 0.243 e. The molecule has 2 rings (SSSR count). The van der Waals surface area contributed by atoms with Gasteiger partial charge in [-0.15, -0.1) is 0 Å². The van der Waals surface area contributed by atoms with E-state index < -0.39 is 10.0 Å². The number of H-pyrrole nitrogens is 1. The minimum absolute atomic E-state index is 0.203. The van der Waals surface area contributed by atoms with Crippen molar-refractivity contribution < 1.29 is 13.2 Å². The molecule has 110 valence electrons. The van der Waals surface area contributed by atoms with E-state index in [0.717, 1.165) is 5.52 Å². The van der Waals surface area contributed by atoms with E-state index in [4.69, 9.17) is 10.5 Å². The lowest BCUT2D eigenvalue weighted by Crippen LogP contribution is -2.37. The molecule has 0 aliphatic carbocycles. The number of fused-ring (bicyclic) bond motifs is 1. The molecule has 20 heavy (non-hydrogen) atoms. The molecule has 0 aliphatic rings. The molecule has 6 nitrogen and oxygen atoms in total. The number of nitrogen functional groups attached to an aromatic ring is 1. The molecule has 2 aromatic rings. The fourth-order valence-electron chi connectivity index (χ4n) is 2.05. The van der Waals surface area contributed by atoms with Crippen LogP contribution < -0.4 is 10.5 Å². The minimum Gasteiger partial charge on any atom is -0.399 e. The van der Waals surface area contributed by atoms with Gasteiger partial charge >= 0.3 is 0 Å². The van der Waals surface area contributed by atoms with Gasteiger partial charge in [-0.25, -0.2) is 13.1 Å². The molecule has 0 amide bonds. The van der Waals surface area contributed by atoms with Gasteiger partial charge in [-0.2, -0.15) is 0 Å². The summed E-state index contributed by atoms with van der Waals surface area (Å²) in [7, 11) is -2.07. The van der Waals surface area contributed by atoms with Crippen molar-refractivity contribution >= 4 is 26.6 Å². The first-order valence-electron chi connectivity index (χ1n) is 6.35. The van der Waals surface area contributed by atoms with Gasteiger partial charge in [0, 0.05) is 35.9 Å². The maximum Gasteiger partial charge on any atom is 0.243 e. The van der Waals surface area contributed by atoms with Gasteiger partial charge in [-0.05, 0) is 24.6 Å². The molecule has 0 aliphatic heterocycles. The molecule has 4 N–H and O–H groups in total. The van der Waals surface area contributed by atoms with E-state index in [1.54, 1.807) is 25.3 Å². The number of aromatic amines is 1. The number of hydrogen-bond donors (Lipinski definition) is 3. The Morgan fingerprint density at radius 1 is 1.45 bits per heavy atom. The first kappa shape index (κ1) is 14.8. The maximum absolute atomic E-state index is 12.4. The number of nitrogens with two attached hydrogens (primary N) is 1. The van der Waals surface area contributed by atoms with Crippen LogP contribution in [0.2, 0.25) is 0 Å². The normalized spacial score (nSPS) is 13.7. The molecule has 0 radical (unpaired) electrons. The highest BCUT2D eigenvalue weighted by atomic mass is 32.2. The Balaban J connectivity index is 2.39. The van der Waals surface area contributed by atoms with Crippen molar-refractivity contribution in [3.05, 3.63) is 24.4 Å². The molecule has 0 spiro atoms. The molecule has 0 saturated carbocycles. The highest BCUT2D eigenvalue weighted by Crippen LogP contribution is 2.24. The predicted octanol–water partition coefficient (Wildman–Crippen LogP) is 1.45. The van der Waals surface area contributed by atoms with E-state index in [2.05, 4.69) is 9.71 Å². The van der Waals surface area contributed by atoms with E-state index in [0.29, 0.717) is 24.1 Å². The quantitative estimate of drug-likeness (QED) is 0.703. The Kier molecular flexibility index (Phi) is 4.32. The van der Waals surface area contributed by atoms with Crippen LogP contribution in [-0.2, 0) is 14.8 Å².